The number of nitrogens with zero attached hydrogens (tertiary/aromatic N) is 1. The molecule has 0 aromatic carbocycles. The minimum atomic E-state index is -2.57. The molecular weight excluding hydrogens is 252 g/mol. The van der Waals surface area contributed by atoms with E-state index >= 15 is 0 Å². The van der Waals surface area contributed by atoms with E-state index in [2.05, 4.69) is 4.98 Å². The Morgan fingerprint density at radius 1 is 1.65 bits per heavy atom. The molecule has 1 atom stereocenters. The van der Waals surface area contributed by atoms with Crippen LogP contribution < -0.4 is 0 Å². The summed E-state index contributed by atoms with van der Waals surface area (Å²) in [5, 5.41) is 0.0502. The van der Waals surface area contributed by atoms with Crippen molar-refractivity contribution in [3.63, 3.8) is 0 Å². The maximum Gasteiger partial charge on any atom is 0.341 e. The predicted octanol–water partition coefficient (Wildman–Crippen LogP) is 2.94. The molecule has 0 radical (unpaired) electrons. The molecule has 0 spiro atoms. The Labute approximate surface area is 102 Å². The summed E-state index contributed by atoms with van der Waals surface area (Å²) in [7, 11) is 0. The summed E-state index contributed by atoms with van der Waals surface area (Å²) < 4.78 is 29.9. The quantitative estimate of drug-likeness (QED) is 0.618. The number of aromatic nitrogens is 1. The van der Waals surface area contributed by atoms with Gasteiger partial charge in [0, 0.05) is 18.5 Å². The molecule has 17 heavy (non-hydrogen) atoms. The first-order valence-corrected chi connectivity index (χ1v) is 5.54. The topological polar surface area (TPSA) is 39.2 Å². The third-order valence-electron chi connectivity index (χ3n) is 2.63. The van der Waals surface area contributed by atoms with E-state index in [1.807, 2.05) is 0 Å². The highest BCUT2D eigenvalue weighted by molar-refractivity contribution is 6.32. The summed E-state index contributed by atoms with van der Waals surface area (Å²) in [6, 6.07) is 3.03. The van der Waals surface area contributed by atoms with Gasteiger partial charge in [-0.15, -0.1) is 0 Å². The smallest absolute Gasteiger partial charge is 0.341 e. The number of carbonyl (C=O) groups excluding carboxylic acids is 1. The van der Waals surface area contributed by atoms with Gasteiger partial charge in [0.05, 0.1) is 12.2 Å². The number of esters is 1. The van der Waals surface area contributed by atoms with Crippen LogP contribution >= 0.6 is 11.6 Å². The number of hydrogen-bond acceptors (Lipinski definition) is 3. The molecule has 3 nitrogen and oxygen atoms in total. The molecule has 92 valence electrons. The predicted molar refractivity (Wildman–Crippen MR) is 57.2 cm³/mol. The van der Waals surface area contributed by atoms with Crippen LogP contribution in [0.2, 0.25) is 5.15 Å². The van der Waals surface area contributed by atoms with E-state index in [1.165, 1.54) is 12.3 Å². The van der Waals surface area contributed by atoms with E-state index in [0.717, 1.165) is 0 Å². The van der Waals surface area contributed by atoms with Crippen molar-refractivity contribution in [1.82, 2.24) is 4.98 Å². The van der Waals surface area contributed by atoms with Gasteiger partial charge in [-0.3, -0.25) is 0 Å². The van der Waals surface area contributed by atoms with Crippen molar-refractivity contribution in [2.45, 2.75) is 18.8 Å². The highest BCUT2D eigenvalue weighted by atomic mass is 35.5. The highest BCUT2D eigenvalue weighted by Crippen LogP contribution is 2.50. The average Bonchev–Trinajstić information content (AvgIpc) is 2.87. The summed E-state index contributed by atoms with van der Waals surface area (Å²) in [5.41, 5.74) is 0.150. The molecular formula is C11H10ClF2NO2. The third-order valence-corrected chi connectivity index (χ3v) is 2.94. The molecule has 1 saturated carbocycles. The molecule has 0 aliphatic heterocycles. The summed E-state index contributed by atoms with van der Waals surface area (Å²) in [4.78, 5) is 15.2. The fraction of sp³-hybridized carbons (Fsp3) is 0.455. The molecule has 1 unspecified atom stereocenters. The van der Waals surface area contributed by atoms with Gasteiger partial charge in [0.15, 0.2) is 0 Å². The second-order valence-electron chi connectivity index (χ2n) is 3.93. The SMILES string of the molecule is O=C(OCCC1CC1(F)F)c1cccnc1Cl. The van der Waals surface area contributed by atoms with E-state index in [1.54, 1.807) is 6.07 Å². The minimum absolute atomic E-state index is 0.0235. The van der Waals surface area contributed by atoms with E-state index in [4.69, 9.17) is 16.3 Å². The maximum atomic E-state index is 12.5. The van der Waals surface area contributed by atoms with E-state index in [-0.39, 0.29) is 30.2 Å². The fourth-order valence-electron chi connectivity index (χ4n) is 1.49. The number of halogens is 3. The molecule has 0 bridgehead atoms. The standard InChI is InChI=1S/C11H10ClF2NO2/c12-9-8(2-1-4-15-9)10(16)17-5-3-7-6-11(7,13)14/h1-2,4,7H,3,5-6H2. The summed E-state index contributed by atoms with van der Waals surface area (Å²) in [6.07, 6.45) is 1.51. The first-order valence-electron chi connectivity index (χ1n) is 5.16. The number of hydrogen-bond donors (Lipinski definition) is 0. The third kappa shape index (κ3) is 2.91. The van der Waals surface area contributed by atoms with Crippen molar-refractivity contribution >= 4 is 17.6 Å². The second kappa shape index (κ2) is 4.56. The number of ether oxygens (including phenoxy) is 1. The zero-order chi connectivity index (χ0) is 12.5. The Morgan fingerprint density at radius 2 is 2.35 bits per heavy atom. The molecule has 1 aromatic heterocycles. The number of carbonyl (C=O) groups is 1. The van der Waals surface area contributed by atoms with Crippen molar-refractivity contribution in [1.29, 1.82) is 0 Å². The normalized spacial score (nSPS) is 21.0. The molecule has 1 aromatic rings. The van der Waals surface area contributed by atoms with Crippen molar-refractivity contribution in [2.75, 3.05) is 6.61 Å². The molecule has 6 heteroatoms. The molecule has 1 fully saturated rings. The fourth-order valence-corrected chi connectivity index (χ4v) is 1.69. The van der Waals surface area contributed by atoms with Gasteiger partial charge in [0.25, 0.3) is 5.92 Å². The number of pyridine rings is 1. The van der Waals surface area contributed by atoms with Crippen LogP contribution in [0.4, 0.5) is 8.78 Å². The molecule has 0 saturated heterocycles. The van der Waals surface area contributed by atoms with Crippen LogP contribution in [0.1, 0.15) is 23.2 Å². The molecule has 0 amide bonds. The van der Waals surface area contributed by atoms with Crippen LogP contribution in [-0.2, 0) is 4.74 Å². The molecule has 2 rings (SSSR count). The van der Waals surface area contributed by atoms with E-state index < -0.39 is 17.8 Å². The second-order valence-corrected chi connectivity index (χ2v) is 4.29. The molecule has 1 aliphatic carbocycles. The van der Waals surface area contributed by atoms with Gasteiger partial charge in [-0.2, -0.15) is 0 Å². The number of alkyl halides is 2. The summed E-state index contributed by atoms with van der Waals surface area (Å²) in [5.74, 6) is -3.86. The van der Waals surface area contributed by atoms with Gasteiger partial charge in [-0.05, 0) is 18.6 Å². The Kier molecular flexibility index (Phi) is 3.28. The van der Waals surface area contributed by atoms with Crippen molar-refractivity contribution in [2.24, 2.45) is 5.92 Å². The molecule has 0 N–H and O–H groups in total. The van der Waals surface area contributed by atoms with Gasteiger partial charge in [0.2, 0.25) is 0 Å². The minimum Gasteiger partial charge on any atom is -0.462 e. The first-order chi connectivity index (χ1) is 8.00. The van der Waals surface area contributed by atoms with Gasteiger partial charge in [-0.25, -0.2) is 18.6 Å². The monoisotopic (exact) mass is 261 g/mol. The lowest BCUT2D eigenvalue weighted by atomic mass is 10.3. The average molecular weight is 262 g/mol. The molecule has 1 aliphatic rings. The Balaban J connectivity index is 1.80. The highest BCUT2D eigenvalue weighted by Gasteiger charge is 2.56. The van der Waals surface area contributed by atoms with Crippen LogP contribution in [0, 0.1) is 5.92 Å². The largest absolute Gasteiger partial charge is 0.462 e. The van der Waals surface area contributed by atoms with Crippen molar-refractivity contribution in [3.05, 3.63) is 29.0 Å². The lowest BCUT2D eigenvalue weighted by Crippen LogP contribution is -2.09. The van der Waals surface area contributed by atoms with E-state index in [9.17, 15) is 13.6 Å². The van der Waals surface area contributed by atoms with Crippen LogP contribution in [0.5, 0.6) is 0 Å². The zero-order valence-corrected chi connectivity index (χ0v) is 9.58. The molecule has 1 heterocycles. The van der Waals surface area contributed by atoms with Crippen LogP contribution in [-0.4, -0.2) is 23.5 Å². The summed E-state index contributed by atoms with van der Waals surface area (Å²) in [6.45, 7) is -0.0235. The van der Waals surface area contributed by atoms with Crippen molar-refractivity contribution < 1.29 is 18.3 Å². The van der Waals surface area contributed by atoms with Gasteiger partial charge in [-0.1, -0.05) is 11.6 Å². The van der Waals surface area contributed by atoms with Crippen molar-refractivity contribution in [3.8, 4) is 0 Å². The van der Waals surface area contributed by atoms with Gasteiger partial charge in [0.1, 0.15) is 5.15 Å². The van der Waals surface area contributed by atoms with Crippen LogP contribution in [0.15, 0.2) is 18.3 Å². The summed E-state index contributed by atoms with van der Waals surface area (Å²) >= 11 is 5.69. The van der Waals surface area contributed by atoms with Crippen LogP contribution in [0.25, 0.3) is 0 Å². The zero-order valence-electron chi connectivity index (χ0n) is 8.83. The Bertz CT molecular complexity index is 439. The Hall–Kier alpha value is -1.23. The first kappa shape index (κ1) is 12.2. The lowest BCUT2D eigenvalue weighted by molar-refractivity contribution is 0.0452. The Morgan fingerprint density at radius 3 is 2.94 bits per heavy atom. The maximum absolute atomic E-state index is 12.5. The van der Waals surface area contributed by atoms with Gasteiger partial charge >= 0.3 is 5.97 Å². The van der Waals surface area contributed by atoms with Crippen LogP contribution in [0.3, 0.4) is 0 Å². The lowest BCUT2D eigenvalue weighted by Gasteiger charge is -2.05. The number of rotatable bonds is 4. The van der Waals surface area contributed by atoms with Gasteiger partial charge < -0.3 is 4.74 Å². The van der Waals surface area contributed by atoms with E-state index in [0.29, 0.717) is 0 Å².